The van der Waals surface area contributed by atoms with E-state index in [9.17, 15) is 0 Å². The Morgan fingerprint density at radius 1 is 0.170 bits per heavy atom. The predicted octanol–water partition coefficient (Wildman–Crippen LogP) is 23.3. The molecule has 0 saturated heterocycles. The van der Waals surface area contributed by atoms with Crippen LogP contribution in [0.2, 0.25) is 0 Å². The molecule has 100 heavy (non-hydrogen) atoms. The molecule has 0 bridgehead atoms. The monoisotopic (exact) mass is 1280 g/mol. The van der Waals surface area contributed by atoms with Crippen LogP contribution in [-0.4, -0.2) is 38.2 Å². The lowest BCUT2D eigenvalue weighted by atomic mass is 10.0. The molecule has 468 valence electrons. The normalized spacial score (nSPS) is 11.6. The Balaban J connectivity index is 0.000000139. The molecule has 0 saturated carbocycles. The van der Waals surface area contributed by atoms with Gasteiger partial charge in [0, 0.05) is 77.3 Å². The summed E-state index contributed by atoms with van der Waals surface area (Å²) in [6, 6.07) is 128. The zero-order valence-corrected chi connectivity index (χ0v) is 54.2. The topological polar surface area (TPSA) is 71.3 Å². The van der Waals surface area contributed by atoms with Crippen molar-refractivity contribution in [2.75, 3.05) is 0 Å². The average molecular weight is 1280 g/mol. The Kier molecular flexibility index (Phi) is 14.0. The molecule has 0 aliphatic carbocycles. The Hall–Kier alpha value is -13.6. The maximum Gasteiger partial charge on any atom is 0.162 e. The third kappa shape index (κ3) is 9.84. The largest absolute Gasteiger partial charge is 0.309 e. The molecule has 0 aliphatic heterocycles. The molecule has 0 amide bonds. The number of nitrogens with zero attached hydrogens (tertiary/aromatic N) is 8. The van der Waals surface area contributed by atoms with Crippen LogP contribution in [0, 0.1) is 0 Å². The third-order valence-corrected chi connectivity index (χ3v) is 19.5. The standard InChI is InChI=1S/2C46H30N4/c1-4-15-31(16-5-1)33-19-14-22-36(29-33)49-40-25-12-10-23-37(40)39-30-34(27-28-42(39)49)44-43-38-24-11-13-26-41(38)50(35-20-8-3-9-21-35)46(43)48-45(47-44)32-17-6-2-7-18-32;1-4-14-31(15-5-1)32-24-26-33(27-25-32)45-47-44(43-38-21-11-13-23-41(38)50(46(43)48-45)36-18-8-3-9-19-36)34-28-29-42-39(30-34)37-20-10-12-22-40(37)49(42)35-16-6-2-7-17-35/h2*1-30H. The second-order valence-electron chi connectivity index (χ2n) is 25.3. The van der Waals surface area contributed by atoms with Gasteiger partial charge in [-0.2, -0.15) is 0 Å². The fraction of sp³-hybridized carbons (Fsp3) is 0. The van der Waals surface area contributed by atoms with Crippen molar-refractivity contribution in [3.63, 3.8) is 0 Å². The number of hydrogen-bond acceptors (Lipinski definition) is 4. The van der Waals surface area contributed by atoms with Crippen LogP contribution in [0.25, 0.3) is 178 Å². The van der Waals surface area contributed by atoms with Gasteiger partial charge in [-0.3, -0.25) is 9.13 Å². The van der Waals surface area contributed by atoms with E-state index in [1.807, 2.05) is 24.3 Å². The average Bonchev–Trinajstić information content (AvgIpc) is 1.57. The van der Waals surface area contributed by atoms with Crippen LogP contribution in [0.3, 0.4) is 0 Å². The molecule has 0 aliphatic rings. The summed E-state index contributed by atoms with van der Waals surface area (Å²) in [6.45, 7) is 0. The maximum absolute atomic E-state index is 5.42. The molecule has 0 radical (unpaired) electrons. The van der Waals surface area contributed by atoms with Crippen molar-refractivity contribution in [1.82, 2.24) is 38.2 Å². The first-order valence-corrected chi connectivity index (χ1v) is 33.9. The lowest BCUT2D eigenvalue weighted by molar-refractivity contribution is 1.11. The van der Waals surface area contributed by atoms with Gasteiger partial charge in [0.25, 0.3) is 0 Å². The maximum atomic E-state index is 5.42. The number of para-hydroxylation sites is 7. The van der Waals surface area contributed by atoms with Gasteiger partial charge in [-0.25, -0.2) is 19.9 Å². The van der Waals surface area contributed by atoms with E-state index in [1.165, 1.54) is 49.3 Å². The van der Waals surface area contributed by atoms with Crippen LogP contribution in [0.15, 0.2) is 364 Å². The summed E-state index contributed by atoms with van der Waals surface area (Å²) in [7, 11) is 0. The fourth-order valence-corrected chi connectivity index (χ4v) is 14.9. The van der Waals surface area contributed by atoms with E-state index in [-0.39, 0.29) is 0 Å². The molecule has 0 unspecified atom stereocenters. The van der Waals surface area contributed by atoms with Gasteiger partial charge < -0.3 is 9.13 Å². The van der Waals surface area contributed by atoms with Crippen LogP contribution in [0.1, 0.15) is 0 Å². The van der Waals surface area contributed by atoms with Gasteiger partial charge in [-0.05, 0) is 119 Å². The minimum absolute atomic E-state index is 0.693. The van der Waals surface area contributed by atoms with Gasteiger partial charge in [0.05, 0.1) is 55.3 Å². The molecular formula is C92H60N8. The van der Waals surface area contributed by atoms with Crippen molar-refractivity contribution < 1.29 is 0 Å². The van der Waals surface area contributed by atoms with Gasteiger partial charge in [0.1, 0.15) is 11.3 Å². The van der Waals surface area contributed by atoms with Crippen LogP contribution < -0.4 is 0 Å². The summed E-state index contributed by atoms with van der Waals surface area (Å²) in [5.74, 6) is 1.40. The minimum atomic E-state index is 0.693. The van der Waals surface area contributed by atoms with Crippen LogP contribution in [0.5, 0.6) is 0 Å². The van der Waals surface area contributed by atoms with E-state index in [4.69, 9.17) is 19.9 Å². The molecular weight excluding hydrogens is 1220 g/mol. The van der Waals surface area contributed by atoms with Crippen LogP contribution >= 0.6 is 0 Å². The summed E-state index contributed by atoms with van der Waals surface area (Å²) >= 11 is 0. The quantitative estimate of drug-likeness (QED) is 0.137. The molecule has 0 fully saturated rings. The Labute approximate surface area is 576 Å². The second kappa shape index (κ2) is 24.3. The van der Waals surface area contributed by atoms with Gasteiger partial charge in [0.15, 0.2) is 11.6 Å². The van der Waals surface area contributed by atoms with Crippen molar-refractivity contribution in [2.24, 2.45) is 0 Å². The summed E-state index contributed by atoms with van der Waals surface area (Å²) in [5.41, 5.74) is 23.7. The van der Waals surface area contributed by atoms with Crippen molar-refractivity contribution >= 4 is 87.5 Å². The smallest absolute Gasteiger partial charge is 0.162 e. The van der Waals surface area contributed by atoms with Gasteiger partial charge in [-0.15, -0.1) is 0 Å². The molecule has 0 N–H and O–H groups in total. The second-order valence-corrected chi connectivity index (χ2v) is 25.3. The lowest BCUT2D eigenvalue weighted by Crippen LogP contribution is -1.99. The van der Waals surface area contributed by atoms with Crippen LogP contribution in [0.4, 0.5) is 0 Å². The highest BCUT2D eigenvalue weighted by Crippen LogP contribution is 2.44. The van der Waals surface area contributed by atoms with E-state index in [0.717, 1.165) is 117 Å². The molecule has 8 heteroatoms. The Morgan fingerprint density at radius 3 is 0.910 bits per heavy atom. The van der Waals surface area contributed by atoms with Gasteiger partial charge >= 0.3 is 0 Å². The van der Waals surface area contributed by atoms with Gasteiger partial charge in [-0.1, -0.05) is 267 Å². The summed E-state index contributed by atoms with van der Waals surface area (Å²) in [6.07, 6.45) is 0. The van der Waals surface area contributed by atoms with E-state index in [2.05, 4.69) is 358 Å². The fourth-order valence-electron chi connectivity index (χ4n) is 14.9. The summed E-state index contributed by atoms with van der Waals surface area (Å²) in [4.78, 5) is 21.4. The Morgan fingerprint density at radius 2 is 0.460 bits per heavy atom. The van der Waals surface area contributed by atoms with Crippen LogP contribution in [-0.2, 0) is 0 Å². The van der Waals surface area contributed by atoms with E-state index >= 15 is 0 Å². The molecule has 20 rings (SSSR count). The third-order valence-electron chi connectivity index (χ3n) is 19.5. The van der Waals surface area contributed by atoms with E-state index in [0.29, 0.717) is 11.6 Å². The predicted molar refractivity (Wildman–Crippen MR) is 414 cm³/mol. The zero-order chi connectivity index (χ0) is 66.0. The van der Waals surface area contributed by atoms with E-state index in [1.54, 1.807) is 0 Å². The molecule has 6 aromatic heterocycles. The molecule has 8 nitrogen and oxygen atoms in total. The summed E-state index contributed by atoms with van der Waals surface area (Å²) in [5, 5.41) is 9.12. The Bertz CT molecular complexity index is 6480. The number of benzene rings is 14. The minimum Gasteiger partial charge on any atom is -0.309 e. The first kappa shape index (κ1) is 57.9. The highest BCUT2D eigenvalue weighted by Gasteiger charge is 2.25. The molecule has 20 aromatic rings. The number of hydrogen-bond donors (Lipinski definition) is 0. The lowest BCUT2D eigenvalue weighted by Gasteiger charge is -2.12. The first-order valence-electron chi connectivity index (χ1n) is 33.9. The number of rotatable bonds is 10. The molecule has 6 heterocycles. The van der Waals surface area contributed by atoms with E-state index < -0.39 is 0 Å². The van der Waals surface area contributed by atoms with Crippen molar-refractivity contribution in [1.29, 1.82) is 0 Å². The van der Waals surface area contributed by atoms with Gasteiger partial charge in [0.2, 0.25) is 0 Å². The SMILES string of the molecule is c1ccc(-c2ccc(-c3nc(-c4ccc5c(c4)c4ccccc4n5-c4ccccc4)c4c5ccccc5n(-c5ccccc5)c4n3)cc2)cc1.c1ccc(-c2cccc(-n3c4ccccc4c4cc(-c5nc(-c6ccccc6)nc6c5c5ccccc5n6-c5ccccc5)ccc43)c2)cc1. The molecule has 14 aromatic carbocycles. The first-order chi connectivity index (χ1) is 49.6. The van der Waals surface area contributed by atoms with Crippen molar-refractivity contribution in [3.8, 4) is 90.3 Å². The highest BCUT2D eigenvalue weighted by molar-refractivity contribution is 6.18. The van der Waals surface area contributed by atoms with Crippen molar-refractivity contribution in [3.05, 3.63) is 364 Å². The number of aromatic nitrogens is 8. The zero-order valence-electron chi connectivity index (χ0n) is 54.2. The molecule has 0 spiro atoms. The molecule has 0 atom stereocenters. The van der Waals surface area contributed by atoms with Crippen molar-refractivity contribution in [2.45, 2.75) is 0 Å². The summed E-state index contributed by atoms with van der Waals surface area (Å²) < 4.78 is 9.28. The number of fused-ring (bicyclic) bond motifs is 12. The highest BCUT2D eigenvalue weighted by atomic mass is 15.1.